The van der Waals surface area contributed by atoms with E-state index in [1.807, 2.05) is 37.3 Å². The standard InChI is InChI=1S/C14H15ClO2/c1-9(16)8-11-6-7-14(17-11)12-4-3-5-13(15)10(12)2/h3-7,9,16H,8H2,1-2H3. The second-order valence-electron chi connectivity index (χ2n) is 4.23. The Bertz CT molecular complexity index is 515. The van der Waals surface area contributed by atoms with Crippen molar-refractivity contribution in [3.8, 4) is 11.3 Å². The van der Waals surface area contributed by atoms with Crippen LogP contribution in [-0.2, 0) is 6.42 Å². The summed E-state index contributed by atoms with van der Waals surface area (Å²) in [5.41, 5.74) is 2.00. The summed E-state index contributed by atoms with van der Waals surface area (Å²) >= 11 is 6.07. The van der Waals surface area contributed by atoms with Crippen molar-refractivity contribution in [2.24, 2.45) is 0 Å². The SMILES string of the molecule is Cc1c(Cl)cccc1-c1ccc(CC(C)O)o1. The highest BCUT2D eigenvalue weighted by molar-refractivity contribution is 6.31. The predicted molar refractivity (Wildman–Crippen MR) is 69.3 cm³/mol. The van der Waals surface area contributed by atoms with Gasteiger partial charge in [-0.25, -0.2) is 0 Å². The van der Waals surface area contributed by atoms with E-state index in [0.29, 0.717) is 6.42 Å². The van der Waals surface area contributed by atoms with Crippen LogP contribution in [0.25, 0.3) is 11.3 Å². The highest BCUT2D eigenvalue weighted by atomic mass is 35.5. The lowest BCUT2D eigenvalue weighted by molar-refractivity contribution is 0.187. The van der Waals surface area contributed by atoms with Crippen LogP contribution in [0.3, 0.4) is 0 Å². The Morgan fingerprint density at radius 3 is 2.76 bits per heavy atom. The number of benzene rings is 1. The molecule has 0 saturated heterocycles. The van der Waals surface area contributed by atoms with E-state index < -0.39 is 6.10 Å². The number of hydrogen-bond donors (Lipinski definition) is 1. The summed E-state index contributed by atoms with van der Waals surface area (Å²) in [5.74, 6) is 1.58. The average Bonchev–Trinajstić information content (AvgIpc) is 2.69. The molecule has 0 bridgehead atoms. The van der Waals surface area contributed by atoms with Gasteiger partial charge in [-0.05, 0) is 37.6 Å². The van der Waals surface area contributed by atoms with Crippen molar-refractivity contribution in [2.45, 2.75) is 26.4 Å². The molecule has 1 aromatic heterocycles. The van der Waals surface area contributed by atoms with E-state index >= 15 is 0 Å². The second kappa shape index (κ2) is 4.94. The first-order valence-electron chi connectivity index (χ1n) is 5.60. The minimum atomic E-state index is -0.394. The molecule has 0 saturated carbocycles. The molecule has 90 valence electrons. The maximum absolute atomic E-state index is 9.30. The van der Waals surface area contributed by atoms with Gasteiger partial charge in [-0.2, -0.15) is 0 Å². The van der Waals surface area contributed by atoms with E-state index in [2.05, 4.69) is 0 Å². The average molecular weight is 251 g/mol. The van der Waals surface area contributed by atoms with Crippen molar-refractivity contribution in [1.82, 2.24) is 0 Å². The van der Waals surface area contributed by atoms with Gasteiger partial charge in [-0.1, -0.05) is 23.7 Å². The summed E-state index contributed by atoms with van der Waals surface area (Å²) in [7, 11) is 0. The van der Waals surface area contributed by atoms with Crippen molar-refractivity contribution >= 4 is 11.6 Å². The van der Waals surface area contributed by atoms with Crippen LogP contribution in [-0.4, -0.2) is 11.2 Å². The van der Waals surface area contributed by atoms with Crippen molar-refractivity contribution in [3.63, 3.8) is 0 Å². The summed E-state index contributed by atoms with van der Waals surface area (Å²) < 4.78 is 5.70. The van der Waals surface area contributed by atoms with Gasteiger partial charge in [0.15, 0.2) is 0 Å². The zero-order valence-corrected chi connectivity index (χ0v) is 10.7. The van der Waals surface area contributed by atoms with Crippen LogP contribution >= 0.6 is 11.6 Å². The quantitative estimate of drug-likeness (QED) is 0.898. The molecule has 1 heterocycles. The van der Waals surface area contributed by atoms with E-state index in [4.69, 9.17) is 16.0 Å². The molecule has 2 rings (SSSR count). The zero-order chi connectivity index (χ0) is 12.4. The molecule has 0 spiro atoms. The third-order valence-electron chi connectivity index (χ3n) is 2.69. The highest BCUT2D eigenvalue weighted by Crippen LogP contribution is 2.29. The first kappa shape index (κ1) is 12.2. The largest absolute Gasteiger partial charge is 0.461 e. The Labute approximate surface area is 106 Å². The number of aliphatic hydroxyl groups excluding tert-OH is 1. The van der Waals surface area contributed by atoms with E-state index in [9.17, 15) is 5.11 Å². The number of halogens is 1. The fraction of sp³-hybridized carbons (Fsp3) is 0.286. The maximum atomic E-state index is 9.30. The molecule has 0 amide bonds. The van der Waals surface area contributed by atoms with Gasteiger partial charge in [0.05, 0.1) is 6.10 Å². The molecule has 0 aliphatic rings. The van der Waals surface area contributed by atoms with Crippen LogP contribution in [0.2, 0.25) is 5.02 Å². The molecule has 1 unspecified atom stereocenters. The molecular formula is C14H15ClO2. The topological polar surface area (TPSA) is 33.4 Å². The summed E-state index contributed by atoms with van der Waals surface area (Å²) in [4.78, 5) is 0. The predicted octanol–water partition coefficient (Wildman–Crippen LogP) is 3.83. The third kappa shape index (κ3) is 2.71. The number of rotatable bonds is 3. The minimum absolute atomic E-state index is 0.394. The fourth-order valence-corrected chi connectivity index (χ4v) is 1.97. The molecule has 3 heteroatoms. The molecule has 2 aromatic rings. The second-order valence-corrected chi connectivity index (χ2v) is 4.64. The van der Waals surface area contributed by atoms with Crippen LogP contribution in [0.15, 0.2) is 34.7 Å². The highest BCUT2D eigenvalue weighted by Gasteiger charge is 2.10. The monoisotopic (exact) mass is 250 g/mol. The number of aliphatic hydroxyl groups is 1. The molecule has 1 atom stereocenters. The minimum Gasteiger partial charge on any atom is -0.461 e. The van der Waals surface area contributed by atoms with Gasteiger partial charge in [-0.15, -0.1) is 0 Å². The van der Waals surface area contributed by atoms with Crippen LogP contribution in [0.4, 0.5) is 0 Å². The molecular weight excluding hydrogens is 236 g/mol. The molecule has 1 N–H and O–H groups in total. The van der Waals surface area contributed by atoms with Gasteiger partial charge in [-0.3, -0.25) is 0 Å². The first-order valence-corrected chi connectivity index (χ1v) is 5.98. The lowest BCUT2D eigenvalue weighted by Gasteiger charge is -2.04. The molecule has 0 aliphatic heterocycles. The van der Waals surface area contributed by atoms with Crippen molar-refractivity contribution in [3.05, 3.63) is 46.7 Å². The molecule has 0 fully saturated rings. The third-order valence-corrected chi connectivity index (χ3v) is 3.10. The molecule has 2 nitrogen and oxygen atoms in total. The molecule has 1 aromatic carbocycles. The Morgan fingerprint density at radius 1 is 1.29 bits per heavy atom. The van der Waals surface area contributed by atoms with Gasteiger partial charge in [0.2, 0.25) is 0 Å². The number of hydrogen-bond acceptors (Lipinski definition) is 2. The Kier molecular flexibility index (Phi) is 3.55. The van der Waals surface area contributed by atoms with Crippen molar-refractivity contribution in [2.75, 3.05) is 0 Å². The van der Waals surface area contributed by atoms with Gasteiger partial charge >= 0.3 is 0 Å². The lowest BCUT2D eigenvalue weighted by Crippen LogP contribution is -2.02. The van der Waals surface area contributed by atoms with Crippen LogP contribution < -0.4 is 0 Å². The molecule has 0 aliphatic carbocycles. The van der Waals surface area contributed by atoms with Crippen LogP contribution in [0, 0.1) is 6.92 Å². The normalized spacial score (nSPS) is 12.7. The Balaban J connectivity index is 2.34. The maximum Gasteiger partial charge on any atom is 0.134 e. The lowest BCUT2D eigenvalue weighted by atomic mass is 10.1. The van der Waals surface area contributed by atoms with E-state index in [1.54, 1.807) is 6.92 Å². The Hall–Kier alpha value is -1.25. The van der Waals surface area contributed by atoms with Crippen LogP contribution in [0.5, 0.6) is 0 Å². The van der Waals surface area contributed by atoms with Gasteiger partial charge < -0.3 is 9.52 Å². The zero-order valence-electron chi connectivity index (χ0n) is 9.90. The Morgan fingerprint density at radius 2 is 2.06 bits per heavy atom. The number of furan rings is 1. The van der Waals surface area contributed by atoms with E-state index in [-0.39, 0.29) is 0 Å². The molecule has 17 heavy (non-hydrogen) atoms. The fourth-order valence-electron chi connectivity index (χ4n) is 1.80. The molecule has 0 radical (unpaired) electrons. The van der Waals surface area contributed by atoms with Gasteiger partial charge in [0.25, 0.3) is 0 Å². The summed E-state index contributed by atoms with van der Waals surface area (Å²) in [6, 6.07) is 9.55. The smallest absolute Gasteiger partial charge is 0.134 e. The van der Waals surface area contributed by atoms with Gasteiger partial charge in [0, 0.05) is 17.0 Å². The van der Waals surface area contributed by atoms with Gasteiger partial charge in [0.1, 0.15) is 11.5 Å². The van der Waals surface area contributed by atoms with E-state index in [1.165, 1.54) is 0 Å². The first-order chi connectivity index (χ1) is 8.08. The van der Waals surface area contributed by atoms with Crippen LogP contribution in [0.1, 0.15) is 18.2 Å². The van der Waals surface area contributed by atoms with Crippen molar-refractivity contribution in [1.29, 1.82) is 0 Å². The summed E-state index contributed by atoms with van der Waals surface area (Å²) in [6.07, 6.45) is 0.133. The van der Waals surface area contributed by atoms with E-state index in [0.717, 1.165) is 27.7 Å². The summed E-state index contributed by atoms with van der Waals surface area (Å²) in [6.45, 7) is 3.71. The van der Waals surface area contributed by atoms with Crippen molar-refractivity contribution < 1.29 is 9.52 Å². The summed E-state index contributed by atoms with van der Waals surface area (Å²) in [5, 5.41) is 10.0.